The third-order valence-electron chi connectivity index (χ3n) is 5.45. The average molecular weight is 450 g/mol. The van der Waals surface area contributed by atoms with Gasteiger partial charge in [0.2, 0.25) is 0 Å². The molecular formula is C23H35N3O4S. The predicted molar refractivity (Wildman–Crippen MR) is 122 cm³/mol. The van der Waals surface area contributed by atoms with Gasteiger partial charge in [0.05, 0.1) is 6.10 Å². The maximum atomic E-state index is 12.5. The van der Waals surface area contributed by atoms with Gasteiger partial charge in [0.15, 0.2) is 5.78 Å². The molecule has 0 aromatic heterocycles. The quantitative estimate of drug-likeness (QED) is 0.499. The number of carbonyl (C=O) groups excluding carboxylic acids is 2. The fourth-order valence-electron chi connectivity index (χ4n) is 3.99. The summed E-state index contributed by atoms with van der Waals surface area (Å²) in [6.45, 7) is 10.1. The lowest BCUT2D eigenvalue weighted by Gasteiger charge is -2.43. The zero-order valence-corrected chi connectivity index (χ0v) is 20.3. The van der Waals surface area contributed by atoms with Crippen molar-refractivity contribution >= 4 is 23.8 Å². The zero-order valence-electron chi connectivity index (χ0n) is 19.5. The van der Waals surface area contributed by atoms with E-state index in [1.165, 1.54) is 0 Å². The summed E-state index contributed by atoms with van der Waals surface area (Å²) in [5.74, 6) is 0.0677. The largest absolute Gasteiger partial charge is 0.444 e. The van der Waals surface area contributed by atoms with Gasteiger partial charge in [0.25, 0.3) is 0 Å². The van der Waals surface area contributed by atoms with Crippen molar-refractivity contribution in [3.63, 3.8) is 0 Å². The lowest BCUT2D eigenvalue weighted by atomic mass is 10.0. The van der Waals surface area contributed by atoms with E-state index in [0.717, 1.165) is 30.8 Å². The highest BCUT2D eigenvalue weighted by Crippen LogP contribution is 2.43. The predicted octanol–water partition coefficient (Wildman–Crippen LogP) is 3.89. The first-order valence-corrected chi connectivity index (χ1v) is 11.6. The SMILES string of the molecule is CC(=O)c1ccc(SN2CC(CN(C)C)OC23CCN(C(=O)OC(C)(C)C)CC3)cc1. The Morgan fingerprint density at radius 3 is 2.32 bits per heavy atom. The van der Waals surface area contributed by atoms with Gasteiger partial charge < -0.3 is 19.3 Å². The molecule has 172 valence electrons. The first-order chi connectivity index (χ1) is 14.5. The second kappa shape index (κ2) is 9.48. The van der Waals surface area contributed by atoms with Crippen LogP contribution in [0, 0.1) is 0 Å². The van der Waals surface area contributed by atoms with Crippen molar-refractivity contribution in [2.45, 2.75) is 62.9 Å². The third kappa shape index (κ3) is 6.22. The lowest BCUT2D eigenvalue weighted by Crippen LogP contribution is -2.52. The molecule has 2 fully saturated rings. The minimum Gasteiger partial charge on any atom is -0.444 e. The molecule has 2 heterocycles. The molecule has 1 unspecified atom stereocenters. The van der Waals surface area contributed by atoms with Gasteiger partial charge in [-0.3, -0.25) is 4.79 Å². The van der Waals surface area contributed by atoms with E-state index in [-0.39, 0.29) is 18.0 Å². The summed E-state index contributed by atoms with van der Waals surface area (Å²) in [5, 5.41) is 0. The van der Waals surface area contributed by atoms with Crippen LogP contribution in [0.4, 0.5) is 4.79 Å². The van der Waals surface area contributed by atoms with Crippen molar-refractivity contribution in [3.8, 4) is 0 Å². The minimum absolute atomic E-state index is 0.0677. The second-order valence-electron chi connectivity index (χ2n) is 9.65. The Kier molecular flexibility index (Phi) is 7.35. The van der Waals surface area contributed by atoms with Gasteiger partial charge in [-0.25, -0.2) is 9.10 Å². The summed E-state index contributed by atoms with van der Waals surface area (Å²) in [6.07, 6.45) is 1.31. The Morgan fingerprint density at radius 1 is 1.19 bits per heavy atom. The van der Waals surface area contributed by atoms with E-state index >= 15 is 0 Å². The summed E-state index contributed by atoms with van der Waals surface area (Å²) in [7, 11) is 4.11. The first kappa shape index (κ1) is 24.0. The molecule has 1 aromatic carbocycles. The van der Waals surface area contributed by atoms with Crippen molar-refractivity contribution in [1.29, 1.82) is 0 Å². The smallest absolute Gasteiger partial charge is 0.410 e. The maximum absolute atomic E-state index is 12.5. The molecule has 1 amide bonds. The summed E-state index contributed by atoms with van der Waals surface area (Å²) in [4.78, 5) is 29.1. The number of piperidine rings is 1. The van der Waals surface area contributed by atoms with E-state index in [1.807, 2.05) is 45.0 Å². The fourth-order valence-corrected chi connectivity index (χ4v) is 5.14. The van der Waals surface area contributed by atoms with Gasteiger partial charge in [-0.2, -0.15) is 0 Å². The number of Topliss-reactive ketones (excluding diaryl/α,β-unsaturated/α-hetero) is 1. The van der Waals surface area contributed by atoms with Gasteiger partial charge in [-0.05, 0) is 65.9 Å². The molecule has 8 heteroatoms. The fraction of sp³-hybridized carbons (Fsp3) is 0.652. The molecular weight excluding hydrogens is 414 g/mol. The Balaban J connectivity index is 1.71. The van der Waals surface area contributed by atoms with Gasteiger partial charge in [-0.15, -0.1) is 0 Å². The average Bonchev–Trinajstić information content (AvgIpc) is 2.96. The van der Waals surface area contributed by atoms with Gasteiger partial charge in [0, 0.05) is 49.5 Å². The number of ketones is 1. The van der Waals surface area contributed by atoms with E-state index in [1.54, 1.807) is 23.8 Å². The molecule has 1 spiro atoms. The van der Waals surface area contributed by atoms with Crippen molar-refractivity contribution in [3.05, 3.63) is 29.8 Å². The molecule has 0 radical (unpaired) electrons. The number of likely N-dealkylation sites (tertiary alicyclic amines) is 1. The van der Waals surface area contributed by atoms with E-state index in [4.69, 9.17) is 9.47 Å². The highest BCUT2D eigenvalue weighted by atomic mass is 32.2. The summed E-state index contributed by atoms with van der Waals surface area (Å²) in [5.41, 5.74) is -0.197. The molecule has 2 aliphatic rings. The maximum Gasteiger partial charge on any atom is 0.410 e. The van der Waals surface area contributed by atoms with Crippen molar-refractivity contribution in [1.82, 2.24) is 14.1 Å². The first-order valence-electron chi connectivity index (χ1n) is 10.8. The van der Waals surface area contributed by atoms with Crippen LogP contribution in [0.5, 0.6) is 0 Å². The lowest BCUT2D eigenvalue weighted by molar-refractivity contribution is -0.113. The molecule has 7 nitrogen and oxygen atoms in total. The van der Waals surface area contributed by atoms with E-state index in [2.05, 4.69) is 23.3 Å². The highest BCUT2D eigenvalue weighted by Gasteiger charge is 2.50. The summed E-state index contributed by atoms with van der Waals surface area (Å²) >= 11 is 1.67. The molecule has 2 saturated heterocycles. The highest BCUT2D eigenvalue weighted by molar-refractivity contribution is 7.97. The number of rotatable bonds is 5. The van der Waals surface area contributed by atoms with Crippen molar-refractivity contribution < 1.29 is 19.1 Å². The van der Waals surface area contributed by atoms with Crippen LogP contribution in [0.15, 0.2) is 29.2 Å². The number of nitrogens with zero attached hydrogens (tertiary/aromatic N) is 3. The number of carbonyl (C=O) groups is 2. The van der Waals surface area contributed by atoms with E-state index in [0.29, 0.717) is 18.7 Å². The topological polar surface area (TPSA) is 62.3 Å². The van der Waals surface area contributed by atoms with Crippen LogP contribution in [-0.4, -0.2) is 83.7 Å². The molecule has 2 aliphatic heterocycles. The van der Waals surface area contributed by atoms with Crippen LogP contribution in [-0.2, 0) is 9.47 Å². The molecule has 0 aliphatic carbocycles. The monoisotopic (exact) mass is 449 g/mol. The normalized spacial score (nSPS) is 21.6. The number of hydrogen-bond donors (Lipinski definition) is 0. The Bertz CT molecular complexity index is 783. The van der Waals surface area contributed by atoms with Crippen LogP contribution < -0.4 is 0 Å². The molecule has 1 atom stereocenters. The summed E-state index contributed by atoms with van der Waals surface area (Å²) in [6, 6.07) is 7.72. The number of likely N-dealkylation sites (N-methyl/N-ethyl adjacent to an activating group) is 1. The number of hydrogen-bond acceptors (Lipinski definition) is 7. The van der Waals surface area contributed by atoms with Crippen molar-refractivity contribution in [2.75, 3.05) is 40.3 Å². The minimum atomic E-state index is -0.499. The van der Waals surface area contributed by atoms with Crippen LogP contribution in [0.3, 0.4) is 0 Å². The van der Waals surface area contributed by atoms with Gasteiger partial charge in [-0.1, -0.05) is 12.1 Å². The molecule has 0 bridgehead atoms. The van der Waals surface area contributed by atoms with Gasteiger partial charge in [0.1, 0.15) is 11.3 Å². The van der Waals surface area contributed by atoms with E-state index < -0.39 is 11.3 Å². The number of benzene rings is 1. The standard InChI is InChI=1S/C23H35N3O4S/c1-17(27)18-7-9-20(10-8-18)31-26-16-19(15-24(5)6)29-23(26)11-13-25(14-12-23)21(28)30-22(2,3)4/h7-10,19H,11-16H2,1-6H3. The molecule has 0 N–H and O–H groups in total. The second-order valence-corrected chi connectivity index (χ2v) is 10.7. The molecule has 3 rings (SSSR count). The molecule has 0 saturated carbocycles. The third-order valence-corrected chi connectivity index (χ3v) is 6.64. The van der Waals surface area contributed by atoms with Crippen LogP contribution in [0.25, 0.3) is 0 Å². The van der Waals surface area contributed by atoms with E-state index in [9.17, 15) is 9.59 Å². The number of ether oxygens (including phenoxy) is 2. The van der Waals surface area contributed by atoms with Crippen molar-refractivity contribution in [2.24, 2.45) is 0 Å². The van der Waals surface area contributed by atoms with Crippen LogP contribution in [0.1, 0.15) is 50.9 Å². The molecule has 31 heavy (non-hydrogen) atoms. The molecule has 1 aromatic rings. The van der Waals surface area contributed by atoms with Gasteiger partial charge >= 0.3 is 6.09 Å². The Labute approximate surface area is 190 Å². The Hall–Kier alpha value is -1.61. The van der Waals surface area contributed by atoms with Crippen LogP contribution >= 0.6 is 11.9 Å². The van der Waals surface area contributed by atoms with Crippen LogP contribution in [0.2, 0.25) is 0 Å². The number of amides is 1. The Morgan fingerprint density at radius 2 is 1.81 bits per heavy atom. The summed E-state index contributed by atoms with van der Waals surface area (Å²) < 4.78 is 14.5. The zero-order chi connectivity index (χ0) is 22.8.